The molecule has 2 rings (SSSR count). The van der Waals surface area contributed by atoms with E-state index < -0.39 is 0 Å². The van der Waals surface area contributed by atoms with Gasteiger partial charge in [0, 0.05) is 12.6 Å². The van der Waals surface area contributed by atoms with Crippen LogP contribution in [0.15, 0.2) is 48.5 Å². The van der Waals surface area contributed by atoms with E-state index in [1.807, 2.05) is 31.2 Å². The van der Waals surface area contributed by atoms with Gasteiger partial charge in [-0.15, -0.1) is 0 Å². The van der Waals surface area contributed by atoms with E-state index in [-0.39, 0.29) is 18.8 Å². The number of benzene rings is 2. The molecule has 0 spiro atoms. The minimum absolute atomic E-state index is 0.105. The second-order valence-corrected chi connectivity index (χ2v) is 5.39. The smallest absolute Gasteiger partial charge is 0.138 e. The van der Waals surface area contributed by atoms with Crippen LogP contribution in [0.3, 0.4) is 0 Å². The molecule has 21 heavy (non-hydrogen) atoms. The van der Waals surface area contributed by atoms with Crippen LogP contribution < -0.4 is 10.5 Å². The molecule has 0 saturated heterocycles. The van der Waals surface area contributed by atoms with E-state index in [1.165, 1.54) is 5.56 Å². The van der Waals surface area contributed by atoms with Crippen LogP contribution in [-0.4, -0.2) is 17.8 Å². The van der Waals surface area contributed by atoms with Crippen molar-refractivity contribution in [3.63, 3.8) is 0 Å². The highest BCUT2D eigenvalue weighted by molar-refractivity contribution is 5.35. The minimum atomic E-state index is -0.203. The average Bonchev–Trinajstić information content (AvgIpc) is 2.47. The number of aliphatic hydroxyl groups is 1. The van der Waals surface area contributed by atoms with E-state index in [2.05, 4.69) is 31.2 Å². The molecule has 0 fully saturated rings. The van der Waals surface area contributed by atoms with E-state index in [9.17, 15) is 0 Å². The Morgan fingerprint density at radius 1 is 1.10 bits per heavy atom. The lowest BCUT2D eigenvalue weighted by Gasteiger charge is -2.24. The van der Waals surface area contributed by atoms with Gasteiger partial charge in [0.15, 0.2) is 0 Å². The average molecular weight is 285 g/mol. The van der Waals surface area contributed by atoms with Gasteiger partial charge in [-0.3, -0.25) is 0 Å². The lowest BCUT2D eigenvalue weighted by Crippen LogP contribution is -2.29. The Balaban J connectivity index is 2.26. The summed E-state index contributed by atoms with van der Waals surface area (Å²) in [6, 6.07) is 15.9. The third-order valence-electron chi connectivity index (χ3n) is 3.49. The SMILES string of the molecule is Cc1ccc(C(Oc2ccccc2CCO)C(C)N)cc1. The summed E-state index contributed by atoms with van der Waals surface area (Å²) in [5, 5.41) is 9.15. The molecule has 0 aliphatic heterocycles. The number of rotatable bonds is 6. The first-order valence-electron chi connectivity index (χ1n) is 7.29. The zero-order valence-electron chi connectivity index (χ0n) is 12.6. The summed E-state index contributed by atoms with van der Waals surface area (Å²) in [6.45, 7) is 4.11. The maximum atomic E-state index is 9.15. The molecular weight excluding hydrogens is 262 g/mol. The maximum absolute atomic E-state index is 9.15. The molecule has 2 unspecified atom stereocenters. The number of ether oxygens (including phenoxy) is 1. The number of aliphatic hydroxyl groups excluding tert-OH is 1. The summed E-state index contributed by atoms with van der Waals surface area (Å²) in [4.78, 5) is 0. The van der Waals surface area contributed by atoms with Gasteiger partial charge in [0.1, 0.15) is 11.9 Å². The number of para-hydroxylation sites is 1. The molecule has 2 aromatic carbocycles. The molecule has 3 N–H and O–H groups in total. The van der Waals surface area contributed by atoms with Crippen LogP contribution in [0.25, 0.3) is 0 Å². The number of nitrogens with two attached hydrogens (primary N) is 1. The maximum Gasteiger partial charge on any atom is 0.138 e. The van der Waals surface area contributed by atoms with Crippen LogP contribution in [0.5, 0.6) is 5.75 Å². The fourth-order valence-corrected chi connectivity index (χ4v) is 2.32. The second kappa shape index (κ2) is 7.25. The molecule has 2 aromatic rings. The van der Waals surface area contributed by atoms with E-state index in [0.29, 0.717) is 6.42 Å². The Morgan fingerprint density at radius 2 is 1.76 bits per heavy atom. The fraction of sp³-hybridized carbons (Fsp3) is 0.333. The van der Waals surface area contributed by atoms with Crippen LogP contribution >= 0.6 is 0 Å². The highest BCUT2D eigenvalue weighted by atomic mass is 16.5. The van der Waals surface area contributed by atoms with Crippen LogP contribution in [0.2, 0.25) is 0 Å². The summed E-state index contributed by atoms with van der Waals surface area (Å²) in [6.07, 6.45) is 0.376. The van der Waals surface area contributed by atoms with E-state index in [1.54, 1.807) is 0 Å². The normalized spacial score (nSPS) is 13.7. The third-order valence-corrected chi connectivity index (χ3v) is 3.49. The minimum Gasteiger partial charge on any atom is -0.484 e. The van der Waals surface area contributed by atoms with Crippen molar-refractivity contribution in [2.75, 3.05) is 6.61 Å². The molecule has 0 amide bonds. The summed E-state index contributed by atoms with van der Waals surface area (Å²) < 4.78 is 6.15. The molecule has 112 valence electrons. The lowest BCUT2D eigenvalue weighted by atomic mass is 10.0. The van der Waals surface area contributed by atoms with Crippen LogP contribution in [0.1, 0.15) is 29.7 Å². The standard InChI is InChI=1S/C18H23NO2/c1-13-7-9-16(10-8-13)18(14(2)19)21-17-6-4-3-5-15(17)11-12-20/h3-10,14,18,20H,11-12,19H2,1-2H3. The number of hydrogen-bond donors (Lipinski definition) is 2. The molecule has 0 bridgehead atoms. The van der Waals surface area contributed by atoms with E-state index >= 15 is 0 Å². The van der Waals surface area contributed by atoms with Crippen molar-refractivity contribution in [2.45, 2.75) is 32.4 Å². The van der Waals surface area contributed by atoms with Gasteiger partial charge in [-0.2, -0.15) is 0 Å². The summed E-state index contributed by atoms with van der Waals surface area (Å²) in [5.74, 6) is 0.787. The van der Waals surface area contributed by atoms with Crippen LogP contribution in [0, 0.1) is 6.92 Å². The molecule has 0 radical (unpaired) electrons. The molecule has 0 aliphatic rings. The quantitative estimate of drug-likeness (QED) is 0.858. The topological polar surface area (TPSA) is 55.5 Å². The van der Waals surface area contributed by atoms with Crippen molar-refractivity contribution in [3.8, 4) is 5.75 Å². The van der Waals surface area contributed by atoms with Crippen molar-refractivity contribution in [1.29, 1.82) is 0 Å². The summed E-state index contributed by atoms with van der Waals surface area (Å²) in [7, 11) is 0. The highest BCUT2D eigenvalue weighted by Gasteiger charge is 2.19. The first-order valence-corrected chi connectivity index (χ1v) is 7.29. The Hall–Kier alpha value is -1.84. The van der Waals surface area contributed by atoms with Gasteiger partial charge in [0.25, 0.3) is 0 Å². The van der Waals surface area contributed by atoms with Gasteiger partial charge < -0.3 is 15.6 Å². The van der Waals surface area contributed by atoms with Crippen molar-refractivity contribution < 1.29 is 9.84 Å². The fourth-order valence-electron chi connectivity index (χ4n) is 2.32. The van der Waals surface area contributed by atoms with Gasteiger partial charge in [0.05, 0.1) is 0 Å². The summed E-state index contributed by atoms with van der Waals surface area (Å²) in [5.41, 5.74) is 9.38. The predicted octanol–water partition coefficient (Wildman–Crippen LogP) is 3.00. The Labute approximate surface area is 126 Å². The molecule has 3 nitrogen and oxygen atoms in total. The molecule has 2 atom stereocenters. The molecular formula is C18H23NO2. The van der Waals surface area contributed by atoms with Gasteiger partial charge in [-0.25, -0.2) is 0 Å². The Morgan fingerprint density at radius 3 is 2.38 bits per heavy atom. The number of hydrogen-bond acceptors (Lipinski definition) is 3. The first kappa shape index (κ1) is 15.5. The highest BCUT2D eigenvalue weighted by Crippen LogP contribution is 2.27. The van der Waals surface area contributed by atoms with Crippen LogP contribution in [0.4, 0.5) is 0 Å². The first-order chi connectivity index (χ1) is 10.1. The lowest BCUT2D eigenvalue weighted by molar-refractivity contribution is 0.177. The summed E-state index contributed by atoms with van der Waals surface area (Å²) >= 11 is 0. The Kier molecular flexibility index (Phi) is 5.37. The van der Waals surface area contributed by atoms with E-state index in [0.717, 1.165) is 16.9 Å². The van der Waals surface area contributed by atoms with Crippen molar-refractivity contribution in [3.05, 3.63) is 65.2 Å². The molecule has 0 aliphatic carbocycles. The monoisotopic (exact) mass is 285 g/mol. The van der Waals surface area contributed by atoms with Gasteiger partial charge in [-0.1, -0.05) is 48.0 Å². The predicted molar refractivity (Wildman–Crippen MR) is 85.4 cm³/mol. The molecule has 3 heteroatoms. The van der Waals surface area contributed by atoms with Gasteiger partial charge in [0.2, 0.25) is 0 Å². The third kappa shape index (κ3) is 4.06. The molecule has 0 aromatic heterocycles. The number of aryl methyl sites for hydroxylation is 1. The van der Waals surface area contributed by atoms with Crippen molar-refractivity contribution in [2.24, 2.45) is 5.73 Å². The zero-order chi connectivity index (χ0) is 15.2. The van der Waals surface area contributed by atoms with Gasteiger partial charge in [-0.05, 0) is 37.5 Å². The van der Waals surface area contributed by atoms with Crippen molar-refractivity contribution >= 4 is 0 Å². The second-order valence-electron chi connectivity index (χ2n) is 5.39. The molecule has 0 heterocycles. The Bertz CT molecular complexity index is 564. The zero-order valence-corrected chi connectivity index (χ0v) is 12.6. The van der Waals surface area contributed by atoms with Crippen molar-refractivity contribution in [1.82, 2.24) is 0 Å². The van der Waals surface area contributed by atoms with Crippen LogP contribution in [-0.2, 0) is 6.42 Å². The van der Waals surface area contributed by atoms with Gasteiger partial charge >= 0.3 is 0 Å². The van der Waals surface area contributed by atoms with E-state index in [4.69, 9.17) is 15.6 Å². The molecule has 0 saturated carbocycles. The largest absolute Gasteiger partial charge is 0.484 e.